The van der Waals surface area contributed by atoms with Crippen LogP contribution in [0.1, 0.15) is 26.3 Å². The molecule has 0 radical (unpaired) electrons. The normalized spacial score (nSPS) is 10.9. The second-order valence-corrected chi connectivity index (χ2v) is 8.42. The summed E-state index contributed by atoms with van der Waals surface area (Å²) in [6, 6.07) is 11.4. The predicted molar refractivity (Wildman–Crippen MR) is 136 cm³/mol. The minimum absolute atomic E-state index is 0.544. The van der Waals surface area contributed by atoms with E-state index in [1.54, 1.807) is 26.4 Å². The highest BCUT2D eigenvalue weighted by atomic mass is 32.2. The lowest BCUT2D eigenvalue weighted by Gasteiger charge is -2.06. The van der Waals surface area contributed by atoms with Crippen LogP contribution in [0.3, 0.4) is 0 Å². The van der Waals surface area contributed by atoms with E-state index < -0.39 is 10.8 Å². The van der Waals surface area contributed by atoms with Gasteiger partial charge in [0.1, 0.15) is 5.69 Å². The maximum atomic E-state index is 11.2. The SMILES string of the molecule is CC.CCS(=O)c1ccc(C)cc1.COc1cc2nc(-c3[nH]ncc3NC=O)[nH]c2cc1OC. The molecule has 2 aromatic heterocycles. The number of benzene rings is 2. The zero-order valence-electron chi connectivity index (χ0n) is 20.3. The third-order valence-corrected chi connectivity index (χ3v) is 5.95. The van der Waals surface area contributed by atoms with Gasteiger partial charge in [-0.2, -0.15) is 5.10 Å². The largest absolute Gasteiger partial charge is 0.493 e. The number of imidazole rings is 1. The molecule has 4 rings (SSSR count). The Bertz CT molecular complexity index is 1180. The van der Waals surface area contributed by atoms with Gasteiger partial charge in [0.2, 0.25) is 6.41 Å². The summed E-state index contributed by atoms with van der Waals surface area (Å²) in [5.74, 6) is 2.46. The molecule has 1 unspecified atom stereocenters. The Hall–Kier alpha value is -3.66. The number of hydrogen-bond donors (Lipinski definition) is 3. The van der Waals surface area contributed by atoms with Crippen molar-refractivity contribution in [2.75, 3.05) is 25.3 Å². The van der Waals surface area contributed by atoms with Gasteiger partial charge < -0.3 is 19.8 Å². The summed E-state index contributed by atoms with van der Waals surface area (Å²) in [5.41, 5.74) is 3.85. The molecule has 3 N–H and O–H groups in total. The molecule has 0 spiro atoms. The molecule has 0 bridgehead atoms. The fraction of sp³-hybridized carbons (Fsp3) is 0.292. The third kappa shape index (κ3) is 6.44. The lowest BCUT2D eigenvalue weighted by atomic mass is 10.2. The van der Waals surface area contributed by atoms with Crippen LogP contribution in [-0.2, 0) is 15.6 Å². The molecule has 0 saturated heterocycles. The first-order chi connectivity index (χ1) is 16.5. The molecule has 0 saturated carbocycles. The molecule has 1 amide bonds. The standard InChI is InChI=1S/C13H13N5O3.C9H12OS.C2H6/c1-20-10-3-7-8(4-11(10)21-2)17-13(16-7)12-9(14-6-19)5-15-18-12;1-3-11(10)9-6-4-8(2)5-7-9;1-2/h3-6H,1-2H3,(H,14,19)(H,15,18)(H,16,17);4-7H,3H2,1-2H3;1-2H3. The Balaban J connectivity index is 0.000000266. The van der Waals surface area contributed by atoms with Crippen LogP contribution in [0.15, 0.2) is 47.5 Å². The van der Waals surface area contributed by atoms with Gasteiger partial charge in [-0.3, -0.25) is 14.1 Å². The third-order valence-electron chi connectivity index (χ3n) is 4.62. The summed E-state index contributed by atoms with van der Waals surface area (Å²) in [5, 5.41) is 9.26. The highest BCUT2D eigenvalue weighted by Crippen LogP contribution is 2.33. The van der Waals surface area contributed by atoms with Crippen molar-refractivity contribution in [3.05, 3.63) is 48.2 Å². The van der Waals surface area contributed by atoms with Crippen LogP contribution in [0.4, 0.5) is 5.69 Å². The van der Waals surface area contributed by atoms with Crippen molar-refractivity contribution in [3.63, 3.8) is 0 Å². The number of H-pyrrole nitrogens is 2. The number of carbonyl (C=O) groups excluding carboxylic acids is 1. The first-order valence-electron chi connectivity index (χ1n) is 10.8. The van der Waals surface area contributed by atoms with Crippen LogP contribution in [0, 0.1) is 6.92 Å². The van der Waals surface area contributed by atoms with E-state index in [0.717, 1.165) is 10.4 Å². The monoisotopic (exact) mass is 485 g/mol. The van der Waals surface area contributed by atoms with Crippen LogP contribution in [0.2, 0.25) is 0 Å². The van der Waals surface area contributed by atoms with Gasteiger partial charge in [0.15, 0.2) is 17.3 Å². The van der Waals surface area contributed by atoms with Crippen LogP contribution in [0.25, 0.3) is 22.6 Å². The summed E-state index contributed by atoms with van der Waals surface area (Å²) in [6.07, 6.45) is 2.10. The zero-order chi connectivity index (χ0) is 25.1. The molecule has 0 fully saturated rings. The van der Waals surface area contributed by atoms with E-state index in [0.29, 0.717) is 46.4 Å². The molecule has 1 atom stereocenters. The lowest BCUT2D eigenvalue weighted by molar-refractivity contribution is -0.105. The smallest absolute Gasteiger partial charge is 0.211 e. The number of rotatable bonds is 7. The number of nitrogens with zero attached hydrogens (tertiary/aromatic N) is 2. The van der Waals surface area contributed by atoms with Crippen LogP contribution >= 0.6 is 0 Å². The molecule has 182 valence electrons. The van der Waals surface area contributed by atoms with Crippen LogP contribution < -0.4 is 14.8 Å². The number of ether oxygens (including phenoxy) is 2. The van der Waals surface area contributed by atoms with Crippen LogP contribution in [0.5, 0.6) is 11.5 Å². The van der Waals surface area contributed by atoms with Gasteiger partial charge in [-0.05, 0) is 19.1 Å². The summed E-state index contributed by atoms with van der Waals surface area (Å²) < 4.78 is 21.7. The molecule has 2 heterocycles. The molecule has 0 aliphatic carbocycles. The molecular formula is C24H31N5O4S. The number of aromatic amines is 2. The van der Waals surface area contributed by atoms with Gasteiger partial charge in [-0.15, -0.1) is 0 Å². The van der Waals surface area contributed by atoms with E-state index in [1.165, 1.54) is 11.8 Å². The average molecular weight is 486 g/mol. The lowest BCUT2D eigenvalue weighted by Crippen LogP contribution is -1.94. The Morgan fingerprint density at radius 2 is 1.74 bits per heavy atom. The number of anilines is 1. The fourth-order valence-corrected chi connectivity index (χ4v) is 3.72. The van der Waals surface area contributed by atoms with E-state index in [1.807, 2.05) is 52.0 Å². The minimum atomic E-state index is -0.799. The van der Waals surface area contributed by atoms with Gasteiger partial charge in [-0.1, -0.05) is 38.5 Å². The van der Waals surface area contributed by atoms with Crippen molar-refractivity contribution in [2.45, 2.75) is 32.6 Å². The molecule has 4 aromatic rings. The van der Waals surface area contributed by atoms with Crippen molar-refractivity contribution in [2.24, 2.45) is 0 Å². The molecule has 0 aliphatic heterocycles. The van der Waals surface area contributed by atoms with Crippen molar-refractivity contribution in [3.8, 4) is 23.0 Å². The van der Waals surface area contributed by atoms with Crippen molar-refractivity contribution >= 4 is 33.9 Å². The van der Waals surface area contributed by atoms with Crippen LogP contribution in [-0.4, -0.2) is 50.8 Å². The molecule has 9 nitrogen and oxygen atoms in total. The number of methoxy groups -OCH3 is 2. The quantitative estimate of drug-likeness (QED) is 0.327. The summed E-state index contributed by atoms with van der Waals surface area (Å²) in [6.45, 7) is 7.95. The number of amides is 1. The zero-order valence-corrected chi connectivity index (χ0v) is 21.1. The van der Waals surface area contributed by atoms with Gasteiger partial charge in [0.05, 0.1) is 47.9 Å². The highest BCUT2D eigenvalue weighted by Gasteiger charge is 2.14. The van der Waals surface area contributed by atoms with E-state index in [-0.39, 0.29) is 0 Å². The second kappa shape index (κ2) is 13.1. The second-order valence-electron chi connectivity index (χ2n) is 6.68. The van der Waals surface area contributed by atoms with Crippen molar-refractivity contribution in [1.82, 2.24) is 20.2 Å². The first kappa shape index (κ1) is 26.6. The maximum absolute atomic E-state index is 11.2. The topological polar surface area (TPSA) is 122 Å². The van der Waals surface area contributed by atoms with Gasteiger partial charge in [-0.25, -0.2) is 4.98 Å². The Morgan fingerprint density at radius 3 is 2.32 bits per heavy atom. The number of carbonyl (C=O) groups is 1. The van der Waals surface area contributed by atoms with Gasteiger partial charge >= 0.3 is 0 Å². The average Bonchev–Trinajstić information content (AvgIpc) is 3.51. The fourth-order valence-electron chi connectivity index (χ4n) is 2.95. The molecule has 0 aliphatic rings. The highest BCUT2D eigenvalue weighted by molar-refractivity contribution is 7.85. The Kier molecular flexibility index (Phi) is 10.3. The number of aromatic nitrogens is 4. The predicted octanol–water partition coefficient (Wildman–Crippen LogP) is 4.69. The van der Waals surface area contributed by atoms with E-state index in [2.05, 4.69) is 25.5 Å². The maximum Gasteiger partial charge on any atom is 0.211 e. The van der Waals surface area contributed by atoms with E-state index >= 15 is 0 Å². The Morgan fingerprint density at radius 1 is 1.09 bits per heavy atom. The minimum Gasteiger partial charge on any atom is -0.493 e. The summed E-state index contributed by atoms with van der Waals surface area (Å²) >= 11 is 0. The Labute approximate surface area is 201 Å². The van der Waals surface area contributed by atoms with Gasteiger partial charge in [0.25, 0.3) is 0 Å². The summed E-state index contributed by atoms with van der Waals surface area (Å²) in [4.78, 5) is 19.1. The van der Waals surface area contributed by atoms with Crippen molar-refractivity contribution < 1.29 is 18.5 Å². The number of fused-ring (bicyclic) bond motifs is 1. The molecule has 10 heteroatoms. The molecule has 2 aromatic carbocycles. The first-order valence-corrected chi connectivity index (χ1v) is 12.1. The van der Waals surface area contributed by atoms with E-state index in [4.69, 9.17) is 9.47 Å². The number of hydrogen-bond acceptors (Lipinski definition) is 6. The number of aryl methyl sites for hydroxylation is 1. The molecular weight excluding hydrogens is 454 g/mol. The van der Waals surface area contributed by atoms with Gasteiger partial charge in [0, 0.05) is 22.8 Å². The van der Waals surface area contributed by atoms with E-state index in [9.17, 15) is 9.00 Å². The summed E-state index contributed by atoms with van der Waals surface area (Å²) in [7, 11) is 2.34. The molecule has 34 heavy (non-hydrogen) atoms. The number of nitrogens with one attached hydrogen (secondary N) is 3. The van der Waals surface area contributed by atoms with Crippen molar-refractivity contribution in [1.29, 1.82) is 0 Å².